The van der Waals surface area contributed by atoms with E-state index < -0.39 is 0 Å². The number of rotatable bonds is 3. The highest BCUT2D eigenvalue weighted by Gasteiger charge is 2.10. The summed E-state index contributed by atoms with van der Waals surface area (Å²) in [5.41, 5.74) is 2.64. The largest absolute Gasteiger partial charge is 0.300 e. The number of carbonyl (C=O) groups is 2. The minimum atomic E-state index is -0.0871. The van der Waals surface area contributed by atoms with Crippen LogP contribution in [0, 0.1) is 13.8 Å². The fraction of sp³-hybridized carbons (Fsp3) is 0.333. The number of hydrogen-bond donors (Lipinski definition) is 0. The Balaban J connectivity index is 3.00. The van der Waals surface area contributed by atoms with Gasteiger partial charge in [-0.1, -0.05) is 17.7 Å². The SMILES string of the molecule is CC(=O)CC(=O)c1cc(C)ccc1C. The Bertz CT molecular complexity index is 378. The number of hydrogen-bond acceptors (Lipinski definition) is 2. The van der Waals surface area contributed by atoms with Crippen molar-refractivity contribution in [3.8, 4) is 0 Å². The molecule has 1 aromatic rings. The molecule has 0 fully saturated rings. The van der Waals surface area contributed by atoms with Crippen molar-refractivity contribution in [2.45, 2.75) is 27.2 Å². The summed E-state index contributed by atoms with van der Waals surface area (Å²) in [5.74, 6) is -0.172. The number of ketones is 2. The summed E-state index contributed by atoms with van der Waals surface area (Å²) in [5, 5.41) is 0. The molecule has 0 radical (unpaired) electrons. The molecule has 0 bridgehead atoms. The topological polar surface area (TPSA) is 34.1 Å². The maximum atomic E-state index is 11.6. The molecule has 0 amide bonds. The van der Waals surface area contributed by atoms with E-state index in [1.807, 2.05) is 32.0 Å². The highest BCUT2D eigenvalue weighted by Crippen LogP contribution is 2.12. The molecule has 0 N–H and O–H groups in total. The average Bonchev–Trinajstić information content (AvgIpc) is 2.08. The zero-order valence-electron chi connectivity index (χ0n) is 8.76. The van der Waals surface area contributed by atoms with E-state index in [9.17, 15) is 9.59 Å². The van der Waals surface area contributed by atoms with E-state index in [2.05, 4.69) is 0 Å². The van der Waals surface area contributed by atoms with Crippen LogP contribution in [0.15, 0.2) is 18.2 Å². The molecule has 74 valence electrons. The molecular formula is C12H14O2. The molecule has 2 nitrogen and oxygen atoms in total. The molecule has 0 aromatic heterocycles. The average molecular weight is 190 g/mol. The number of benzene rings is 1. The number of carbonyl (C=O) groups excluding carboxylic acids is 2. The van der Waals surface area contributed by atoms with Crippen molar-refractivity contribution in [3.05, 3.63) is 34.9 Å². The van der Waals surface area contributed by atoms with E-state index in [0.29, 0.717) is 5.56 Å². The van der Waals surface area contributed by atoms with Crippen LogP contribution in [0.3, 0.4) is 0 Å². The lowest BCUT2D eigenvalue weighted by Crippen LogP contribution is -2.06. The maximum absolute atomic E-state index is 11.6. The van der Waals surface area contributed by atoms with Gasteiger partial charge >= 0.3 is 0 Å². The molecule has 1 aromatic carbocycles. The van der Waals surface area contributed by atoms with Crippen LogP contribution in [0.25, 0.3) is 0 Å². The Labute approximate surface area is 83.9 Å². The van der Waals surface area contributed by atoms with Gasteiger partial charge in [-0.05, 0) is 32.4 Å². The van der Waals surface area contributed by atoms with Crippen LogP contribution < -0.4 is 0 Å². The first-order valence-electron chi connectivity index (χ1n) is 4.60. The summed E-state index contributed by atoms with van der Waals surface area (Å²) in [7, 11) is 0. The van der Waals surface area contributed by atoms with Crippen LogP contribution in [0.4, 0.5) is 0 Å². The third-order valence-corrected chi connectivity index (χ3v) is 2.10. The molecule has 0 saturated carbocycles. The van der Waals surface area contributed by atoms with E-state index in [1.54, 1.807) is 0 Å². The third kappa shape index (κ3) is 2.52. The zero-order chi connectivity index (χ0) is 10.7. The predicted octanol–water partition coefficient (Wildman–Crippen LogP) is 2.47. The molecule has 0 heterocycles. The summed E-state index contributed by atoms with van der Waals surface area (Å²) in [6.45, 7) is 5.25. The molecule has 0 aliphatic carbocycles. The van der Waals surface area contributed by atoms with Crippen LogP contribution in [0.2, 0.25) is 0 Å². The van der Waals surface area contributed by atoms with Crippen LogP contribution in [0.1, 0.15) is 34.8 Å². The van der Waals surface area contributed by atoms with Crippen LogP contribution in [-0.4, -0.2) is 11.6 Å². The Kier molecular flexibility index (Phi) is 3.18. The van der Waals surface area contributed by atoms with Gasteiger partial charge in [0.05, 0.1) is 6.42 Å². The molecule has 2 heteroatoms. The molecule has 0 aliphatic heterocycles. The van der Waals surface area contributed by atoms with Gasteiger partial charge < -0.3 is 0 Å². The molecule has 0 aliphatic rings. The standard InChI is InChI=1S/C12H14O2/c1-8-4-5-9(2)11(6-8)12(14)7-10(3)13/h4-6H,7H2,1-3H3. The van der Waals surface area contributed by atoms with Crippen molar-refractivity contribution in [1.82, 2.24) is 0 Å². The summed E-state index contributed by atoms with van der Waals surface area (Å²) in [4.78, 5) is 22.4. The Hall–Kier alpha value is -1.44. The lowest BCUT2D eigenvalue weighted by atomic mass is 9.99. The first-order chi connectivity index (χ1) is 6.50. The maximum Gasteiger partial charge on any atom is 0.170 e. The lowest BCUT2D eigenvalue weighted by molar-refractivity contribution is -0.116. The van der Waals surface area contributed by atoms with Crippen molar-refractivity contribution in [3.63, 3.8) is 0 Å². The first kappa shape index (κ1) is 10.6. The molecule has 0 unspecified atom stereocenters. The van der Waals surface area contributed by atoms with Crippen LogP contribution >= 0.6 is 0 Å². The number of aryl methyl sites for hydroxylation is 2. The van der Waals surface area contributed by atoms with Gasteiger partial charge in [-0.15, -0.1) is 0 Å². The van der Waals surface area contributed by atoms with Crippen molar-refractivity contribution in [1.29, 1.82) is 0 Å². The smallest absolute Gasteiger partial charge is 0.170 e. The van der Waals surface area contributed by atoms with Crippen LogP contribution in [0.5, 0.6) is 0 Å². The quantitative estimate of drug-likeness (QED) is 0.542. The number of Topliss-reactive ketones (excluding diaryl/α,β-unsaturated/α-hetero) is 2. The Morgan fingerprint density at radius 3 is 2.43 bits per heavy atom. The van der Waals surface area contributed by atoms with E-state index in [0.717, 1.165) is 11.1 Å². The fourth-order valence-electron chi connectivity index (χ4n) is 1.36. The zero-order valence-corrected chi connectivity index (χ0v) is 8.76. The van der Waals surface area contributed by atoms with Gasteiger partial charge in [-0.25, -0.2) is 0 Å². The monoisotopic (exact) mass is 190 g/mol. The molecule has 0 atom stereocenters. The lowest BCUT2D eigenvalue weighted by Gasteiger charge is -2.04. The van der Waals surface area contributed by atoms with Crippen molar-refractivity contribution < 1.29 is 9.59 Å². The molecule has 1 rings (SSSR count). The summed E-state index contributed by atoms with van der Waals surface area (Å²) in [6, 6.07) is 5.70. The normalized spacial score (nSPS) is 9.93. The minimum absolute atomic E-state index is 0.00426. The van der Waals surface area contributed by atoms with E-state index >= 15 is 0 Å². The Morgan fingerprint density at radius 1 is 1.21 bits per heavy atom. The second-order valence-corrected chi connectivity index (χ2v) is 3.62. The minimum Gasteiger partial charge on any atom is -0.300 e. The van der Waals surface area contributed by atoms with Crippen molar-refractivity contribution in [2.24, 2.45) is 0 Å². The van der Waals surface area contributed by atoms with Gasteiger partial charge in [-0.3, -0.25) is 9.59 Å². The Morgan fingerprint density at radius 2 is 1.86 bits per heavy atom. The summed E-state index contributed by atoms with van der Waals surface area (Å²) < 4.78 is 0. The molecule has 0 saturated heterocycles. The van der Waals surface area contributed by atoms with Gasteiger partial charge in [0.15, 0.2) is 5.78 Å². The highest BCUT2D eigenvalue weighted by molar-refractivity contribution is 6.08. The van der Waals surface area contributed by atoms with Gasteiger partial charge in [0, 0.05) is 5.56 Å². The van der Waals surface area contributed by atoms with Crippen LogP contribution in [-0.2, 0) is 4.79 Å². The van der Waals surface area contributed by atoms with Gasteiger partial charge in [-0.2, -0.15) is 0 Å². The van der Waals surface area contributed by atoms with Gasteiger partial charge in [0.2, 0.25) is 0 Å². The van der Waals surface area contributed by atoms with Crippen molar-refractivity contribution >= 4 is 11.6 Å². The highest BCUT2D eigenvalue weighted by atomic mass is 16.1. The van der Waals surface area contributed by atoms with E-state index in [1.165, 1.54) is 6.92 Å². The molecule has 0 spiro atoms. The summed E-state index contributed by atoms with van der Waals surface area (Å²) >= 11 is 0. The van der Waals surface area contributed by atoms with Crippen molar-refractivity contribution in [2.75, 3.05) is 0 Å². The molecule has 14 heavy (non-hydrogen) atoms. The molecular weight excluding hydrogens is 176 g/mol. The first-order valence-corrected chi connectivity index (χ1v) is 4.60. The fourth-order valence-corrected chi connectivity index (χ4v) is 1.36. The van der Waals surface area contributed by atoms with E-state index in [4.69, 9.17) is 0 Å². The second-order valence-electron chi connectivity index (χ2n) is 3.62. The van der Waals surface area contributed by atoms with Gasteiger partial charge in [0.25, 0.3) is 0 Å². The second kappa shape index (κ2) is 4.18. The van der Waals surface area contributed by atoms with E-state index in [-0.39, 0.29) is 18.0 Å². The summed E-state index contributed by atoms with van der Waals surface area (Å²) in [6.07, 6.45) is 0.00426. The predicted molar refractivity (Wildman–Crippen MR) is 55.5 cm³/mol. The third-order valence-electron chi connectivity index (χ3n) is 2.10. The van der Waals surface area contributed by atoms with Gasteiger partial charge in [0.1, 0.15) is 5.78 Å².